The van der Waals surface area contributed by atoms with Crippen molar-refractivity contribution >= 4 is 23.8 Å². The molecule has 0 saturated carbocycles. The summed E-state index contributed by atoms with van der Waals surface area (Å²) >= 11 is 0. The monoisotopic (exact) mass is 300 g/mol. The van der Waals surface area contributed by atoms with E-state index >= 15 is 0 Å². The van der Waals surface area contributed by atoms with Crippen LogP contribution in [0, 0.1) is 0 Å². The van der Waals surface area contributed by atoms with Gasteiger partial charge < -0.3 is 20.8 Å². The van der Waals surface area contributed by atoms with Gasteiger partial charge in [0.25, 0.3) is 0 Å². The summed E-state index contributed by atoms with van der Waals surface area (Å²) in [5.74, 6) is -6.30. The quantitative estimate of drug-likeness (QED) is 0.481. The van der Waals surface area contributed by atoms with Gasteiger partial charge in [0.05, 0.1) is 6.42 Å². The summed E-state index contributed by atoms with van der Waals surface area (Å²) in [5, 5.41) is 20.2. The van der Waals surface area contributed by atoms with Gasteiger partial charge in [-0.1, -0.05) is 0 Å². The van der Waals surface area contributed by atoms with E-state index in [4.69, 9.17) is 10.2 Å². The van der Waals surface area contributed by atoms with E-state index in [0.29, 0.717) is 0 Å². The van der Waals surface area contributed by atoms with Crippen molar-refractivity contribution in [2.24, 2.45) is 0 Å². The molecule has 0 fully saturated rings. The molecule has 1 atom stereocenters. The third-order valence-electron chi connectivity index (χ3n) is 1.91. The molecule has 8 nitrogen and oxygen atoms in total. The second-order valence-electron chi connectivity index (χ2n) is 3.56. The molecule has 0 bridgehead atoms. The minimum Gasteiger partial charge on any atom is -0.481 e. The number of alkyl halides is 3. The lowest BCUT2D eigenvalue weighted by molar-refractivity contribution is -0.173. The number of nitrogens with one attached hydrogen (secondary N) is 2. The number of halogens is 3. The average Bonchev–Trinajstić information content (AvgIpc) is 2.25. The van der Waals surface area contributed by atoms with E-state index in [1.54, 1.807) is 0 Å². The Balaban J connectivity index is 4.19. The van der Waals surface area contributed by atoms with Crippen LogP contribution in [-0.4, -0.2) is 52.7 Å². The van der Waals surface area contributed by atoms with Crippen molar-refractivity contribution in [1.82, 2.24) is 10.6 Å². The fraction of sp³-hybridized carbons (Fsp3) is 0.556. The zero-order chi connectivity index (χ0) is 15.9. The summed E-state index contributed by atoms with van der Waals surface area (Å²) < 4.78 is 35.3. The van der Waals surface area contributed by atoms with Gasteiger partial charge in [0.1, 0.15) is 6.04 Å². The normalized spacial score (nSPS) is 12.3. The van der Waals surface area contributed by atoms with Crippen LogP contribution in [0.1, 0.15) is 12.8 Å². The van der Waals surface area contributed by atoms with Crippen LogP contribution in [0.3, 0.4) is 0 Å². The van der Waals surface area contributed by atoms with Gasteiger partial charge >= 0.3 is 24.0 Å². The SMILES string of the molecule is O=C(O)CC(NC(=O)CCNC(=O)C(F)(F)F)C(=O)O. The number of hydrogen-bond donors (Lipinski definition) is 4. The molecule has 0 radical (unpaired) electrons. The second kappa shape index (κ2) is 7.31. The first-order valence-electron chi connectivity index (χ1n) is 5.13. The van der Waals surface area contributed by atoms with Crippen LogP contribution in [0.25, 0.3) is 0 Å². The minimum atomic E-state index is -5.08. The maximum absolute atomic E-state index is 11.8. The summed E-state index contributed by atoms with van der Waals surface area (Å²) in [6.45, 7) is -0.663. The minimum absolute atomic E-state index is 0.620. The highest BCUT2D eigenvalue weighted by molar-refractivity contribution is 5.87. The molecule has 0 heterocycles. The Labute approximate surface area is 109 Å². The fourth-order valence-electron chi connectivity index (χ4n) is 1.03. The Kier molecular flexibility index (Phi) is 6.45. The van der Waals surface area contributed by atoms with Crippen LogP contribution in [-0.2, 0) is 19.2 Å². The number of carboxylic acid groups (broad SMARTS) is 2. The van der Waals surface area contributed by atoms with Crippen molar-refractivity contribution in [2.45, 2.75) is 25.1 Å². The summed E-state index contributed by atoms with van der Waals surface area (Å²) in [6.07, 6.45) is -6.58. The van der Waals surface area contributed by atoms with Crippen molar-refractivity contribution in [3.05, 3.63) is 0 Å². The Bertz CT molecular complexity index is 409. The summed E-state index contributed by atoms with van der Waals surface area (Å²) in [5.41, 5.74) is 0. The highest BCUT2D eigenvalue weighted by Gasteiger charge is 2.38. The maximum Gasteiger partial charge on any atom is 0.471 e. The van der Waals surface area contributed by atoms with E-state index in [1.165, 1.54) is 5.32 Å². The molecule has 114 valence electrons. The van der Waals surface area contributed by atoms with Crippen molar-refractivity contribution in [3.8, 4) is 0 Å². The van der Waals surface area contributed by atoms with Gasteiger partial charge in [-0.15, -0.1) is 0 Å². The van der Waals surface area contributed by atoms with Gasteiger partial charge in [0.15, 0.2) is 0 Å². The standard InChI is InChI=1S/C9H11F3N2O6/c10-9(11,12)8(20)13-2-1-5(15)14-4(7(18)19)3-6(16)17/h4H,1-3H2,(H,13,20)(H,14,15)(H,16,17)(H,18,19). The predicted octanol–water partition coefficient (Wildman–Crippen LogP) is -0.901. The molecule has 0 spiro atoms. The number of rotatable bonds is 7. The highest BCUT2D eigenvalue weighted by Crippen LogP contribution is 2.13. The lowest BCUT2D eigenvalue weighted by atomic mass is 10.2. The first-order valence-corrected chi connectivity index (χ1v) is 5.13. The second-order valence-corrected chi connectivity index (χ2v) is 3.56. The molecule has 0 aliphatic heterocycles. The van der Waals surface area contributed by atoms with Gasteiger partial charge in [-0.05, 0) is 0 Å². The molecule has 1 unspecified atom stereocenters. The number of aliphatic carboxylic acids is 2. The molecular weight excluding hydrogens is 289 g/mol. The van der Waals surface area contributed by atoms with Crippen LogP contribution in [0.15, 0.2) is 0 Å². The molecular formula is C9H11F3N2O6. The Morgan fingerprint density at radius 2 is 1.65 bits per heavy atom. The van der Waals surface area contributed by atoms with Gasteiger partial charge in [-0.2, -0.15) is 13.2 Å². The average molecular weight is 300 g/mol. The third kappa shape index (κ3) is 7.18. The van der Waals surface area contributed by atoms with Crippen LogP contribution < -0.4 is 10.6 Å². The molecule has 4 N–H and O–H groups in total. The molecule has 20 heavy (non-hydrogen) atoms. The van der Waals surface area contributed by atoms with Gasteiger partial charge in [0, 0.05) is 13.0 Å². The number of carbonyl (C=O) groups is 4. The molecule has 0 aromatic carbocycles. The van der Waals surface area contributed by atoms with Crippen molar-refractivity contribution in [2.75, 3.05) is 6.54 Å². The fourth-order valence-corrected chi connectivity index (χ4v) is 1.03. The van der Waals surface area contributed by atoms with E-state index in [-0.39, 0.29) is 0 Å². The summed E-state index contributed by atoms with van der Waals surface area (Å²) in [4.78, 5) is 42.5. The third-order valence-corrected chi connectivity index (χ3v) is 1.91. The highest BCUT2D eigenvalue weighted by atomic mass is 19.4. The topological polar surface area (TPSA) is 133 Å². The summed E-state index contributed by atoms with van der Waals surface area (Å²) in [7, 11) is 0. The number of amides is 2. The van der Waals surface area contributed by atoms with Gasteiger partial charge in [-0.25, -0.2) is 4.79 Å². The first-order chi connectivity index (χ1) is 9.04. The smallest absolute Gasteiger partial charge is 0.471 e. The van der Waals surface area contributed by atoms with Crippen molar-refractivity contribution in [1.29, 1.82) is 0 Å². The number of carboxylic acids is 2. The van der Waals surface area contributed by atoms with Gasteiger partial charge in [-0.3, -0.25) is 14.4 Å². The molecule has 0 rings (SSSR count). The zero-order valence-electron chi connectivity index (χ0n) is 9.86. The van der Waals surface area contributed by atoms with Crippen molar-refractivity contribution < 1.29 is 42.6 Å². The molecule has 11 heteroatoms. The lowest BCUT2D eigenvalue weighted by Gasteiger charge is -2.12. The largest absolute Gasteiger partial charge is 0.481 e. The van der Waals surface area contributed by atoms with Crippen LogP contribution in [0.2, 0.25) is 0 Å². The van der Waals surface area contributed by atoms with Crippen LogP contribution in [0.5, 0.6) is 0 Å². The van der Waals surface area contributed by atoms with Gasteiger partial charge in [0.2, 0.25) is 5.91 Å². The van der Waals surface area contributed by atoms with E-state index < -0.39 is 55.4 Å². The number of hydrogen-bond acceptors (Lipinski definition) is 4. The van der Waals surface area contributed by atoms with Crippen LogP contribution in [0.4, 0.5) is 13.2 Å². The molecule has 2 amide bonds. The lowest BCUT2D eigenvalue weighted by Crippen LogP contribution is -2.44. The molecule has 0 saturated heterocycles. The Hall–Kier alpha value is -2.33. The zero-order valence-corrected chi connectivity index (χ0v) is 9.86. The van der Waals surface area contributed by atoms with E-state index in [1.807, 2.05) is 5.32 Å². The maximum atomic E-state index is 11.8. The molecule has 0 aliphatic carbocycles. The number of carbonyl (C=O) groups excluding carboxylic acids is 2. The van der Waals surface area contributed by atoms with E-state index in [2.05, 4.69) is 0 Å². The Morgan fingerprint density at radius 1 is 1.10 bits per heavy atom. The molecule has 0 aromatic rings. The Morgan fingerprint density at radius 3 is 2.05 bits per heavy atom. The predicted molar refractivity (Wildman–Crippen MR) is 55.5 cm³/mol. The van der Waals surface area contributed by atoms with E-state index in [9.17, 15) is 32.3 Å². The summed E-state index contributed by atoms with van der Waals surface area (Å²) in [6, 6.07) is -1.70. The van der Waals surface area contributed by atoms with Crippen LogP contribution >= 0.6 is 0 Å². The molecule has 0 aromatic heterocycles. The molecule has 0 aliphatic rings. The van der Waals surface area contributed by atoms with E-state index in [0.717, 1.165) is 0 Å². The van der Waals surface area contributed by atoms with Crippen molar-refractivity contribution in [3.63, 3.8) is 0 Å². The first kappa shape index (κ1) is 17.7.